The van der Waals surface area contributed by atoms with Crippen LogP contribution in [0.15, 0.2) is 35.3 Å². The zero-order chi connectivity index (χ0) is 22.9. The molecule has 0 spiro atoms. The van der Waals surface area contributed by atoms with E-state index in [1.54, 1.807) is 19.0 Å². The van der Waals surface area contributed by atoms with E-state index < -0.39 is 0 Å². The Kier molecular flexibility index (Phi) is 10.8. The van der Waals surface area contributed by atoms with Gasteiger partial charge in [-0.3, -0.25) is 4.79 Å². The Labute approximate surface area is 212 Å². The third-order valence-electron chi connectivity index (χ3n) is 5.51. The van der Waals surface area contributed by atoms with Crippen molar-refractivity contribution in [2.24, 2.45) is 4.99 Å². The van der Waals surface area contributed by atoms with Crippen molar-refractivity contribution >= 4 is 52.8 Å². The highest BCUT2D eigenvalue weighted by Gasteiger charge is 2.24. The number of aromatic amines is 1. The van der Waals surface area contributed by atoms with Gasteiger partial charge in [-0.2, -0.15) is 0 Å². The summed E-state index contributed by atoms with van der Waals surface area (Å²) in [6, 6.07) is 10.5. The molecule has 0 bridgehead atoms. The summed E-state index contributed by atoms with van der Waals surface area (Å²) in [5.41, 5.74) is 2.27. The molecule has 1 aliphatic heterocycles. The number of H-pyrrole nitrogens is 1. The monoisotopic (exact) mass is 570 g/mol. The molecule has 1 fully saturated rings. The molecule has 1 saturated heterocycles. The van der Waals surface area contributed by atoms with Crippen LogP contribution in [0.5, 0.6) is 0 Å². The summed E-state index contributed by atoms with van der Waals surface area (Å²) in [5.74, 6) is 0.560. The van der Waals surface area contributed by atoms with Crippen LogP contribution in [0.3, 0.4) is 0 Å². The second-order valence-corrected chi connectivity index (χ2v) is 8.12. The molecular formula is C23H35IN6O3. The number of guanidine groups is 1. The van der Waals surface area contributed by atoms with Crippen LogP contribution >= 0.6 is 24.0 Å². The molecular weight excluding hydrogens is 535 g/mol. The standard InChI is InChI=1S/C23H34N6O3.HI/c1-4-32-23(31)29-13-10-18(11-14-29)27-22(25-16-21(30)28(2)3)24-12-9-19-15-17-7-5-6-8-20(17)26-19;/h5-8,15,18,26H,4,9-14,16H2,1-3H3,(H2,24,25,27);1H. The van der Waals surface area contributed by atoms with Crippen LogP contribution in [0, 0.1) is 0 Å². The topological polar surface area (TPSA) is 102 Å². The van der Waals surface area contributed by atoms with E-state index in [-0.39, 0.29) is 48.6 Å². The third kappa shape index (κ3) is 8.09. The molecule has 1 aromatic heterocycles. The first kappa shape index (κ1) is 26.7. The quantitative estimate of drug-likeness (QED) is 0.270. The highest BCUT2D eigenvalue weighted by molar-refractivity contribution is 14.0. The van der Waals surface area contributed by atoms with Crippen molar-refractivity contribution in [2.75, 3.05) is 46.9 Å². The number of fused-ring (bicyclic) bond motifs is 1. The number of hydrogen-bond acceptors (Lipinski definition) is 4. The van der Waals surface area contributed by atoms with Gasteiger partial charge in [-0.15, -0.1) is 24.0 Å². The Balaban J connectivity index is 0.00000385. The minimum atomic E-state index is -0.257. The van der Waals surface area contributed by atoms with Gasteiger partial charge >= 0.3 is 6.09 Å². The Bertz CT molecular complexity index is 904. The largest absolute Gasteiger partial charge is 0.450 e. The number of ether oxygens (including phenoxy) is 1. The van der Waals surface area contributed by atoms with E-state index in [1.807, 2.05) is 19.1 Å². The van der Waals surface area contributed by atoms with Crippen molar-refractivity contribution in [3.63, 3.8) is 0 Å². The van der Waals surface area contributed by atoms with E-state index in [1.165, 1.54) is 10.3 Å². The van der Waals surface area contributed by atoms with Crippen molar-refractivity contribution in [2.45, 2.75) is 32.2 Å². The van der Waals surface area contributed by atoms with Gasteiger partial charge in [-0.25, -0.2) is 9.79 Å². The van der Waals surface area contributed by atoms with Crippen LogP contribution in [0.1, 0.15) is 25.5 Å². The van der Waals surface area contributed by atoms with Crippen LogP contribution in [0.4, 0.5) is 4.79 Å². The maximum absolute atomic E-state index is 12.0. The molecule has 2 amide bonds. The Morgan fingerprint density at radius 1 is 1.24 bits per heavy atom. The van der Waals surface area contributed by atoms with Crippen LogP contribution in [-0.2, 0) is 16.0 Å². The van der Waals surface area contributed by atoms with Gasteiger partial charge in [0, 0.05) is 57.4 Å². The van der Waals surface area contributed by atoms with Crippen LogP contribution in [-0.4, -0.2) is 85.7 Å². The highest BCUT2D eigenvalue weighted by Crippen LogP contribution is 2.15. The van der Waals surface area contributed by atoms with Gasteiger partial charge in [0.2, 0.25) is 5.91 Å². The summed E-state index contributed by atoms with van der Waals surface area (Å²) in [5, 5.41) is 7.98. The second-order valence-electron chi connectivity index (χ2n) is 8.12. The highest BCUT2D eigenvalue weighted by atomic mass is 127. The molecule has 182 valence electrons. The molecule has 0 atom stereocenters. The molecule has 0 aliphatic carbocycles. The van der Waals surface area contributed by atoms with Crippen molar-refractivity contribution < 1.29 is 14.3 Å². The summed E-state index contributed by atoms with van der Waals surface area (Å²) in [4.78, 5) is 35.1. The summed E-state index contributed by atoms with van der Waals surface area (Å²) in [7, 11) is 3.44. The summed E-state index contributed by atoms with van der Waals surface area (Å²) in [6.07, 6.45) is 2.14. The number of piperidine rings is 1. The number of benzene rings is 1. The van der Waals surface area contributed by atoms with E-state index in [0.717, 1.165) is 30.5 Å². The number of likely N-dealkylation sites (tertiary alicyclic amines) is 1. The number of aromatic nitrogens is 1. The number of rotatable bonds is 7. The molecule has 0 unspecified atom stereocenters. The summed E-state index contributed by atoms with van der Waals surface area (Å²) >= 11 is 0. The zero-order valence-corrected chi connectivity index (χ0v) is 21.9. The number of amides is 2. The first-order valence-electron chi connectivity index (χ1n) is 11.2. The van der Waals surface area contributed by atoms with E-state index in [4.69, 9.17) is 4.74 Å². The second kappa shape index (κ2) is 13.3. The molecule has 1 aromatic carbocycles. The molecule has 0 radical (unpaired) electrons. The molecule has 3 N–H and O–H groups in total. The maximum Gasteiger partial charge on any atom is 0.409 e. The molecule has 0 saturated carbocycles. The zero-order valence-electron chi connectivity index (χ0n) is 19.6. The van der Waals surface area contributed by atoms with Gasteiger partial charge in [0.1, 0.15) is 6.54 Å². The van der Waals surface area contributed by atoms with Gasteiger partial charge in [0.25, 0.3) is 0 Å². The average molecular weight is 570 g/mol. The normalized spacial score (nSPS) is 14.5. The van der Waals surface area contributed by atoms with Crippen LogP contribution in [0.25, 0.3) is 10.9 Å². The van der Waals surface area contributed by atoms with Crippen molar-refractivity contribution in [1.82, 2.24) is 25.4 Å². The molecule has 1 aliphatic rings. The number of carbonyl (C=O) groups is 2. The third-order valence-corrected chi connectivity index (χ3v) is 5.51. The van der Waals surface area contributed by atoms with Gasteiger partial charge in [0.15, 0.2) is 5.96 Å². The smallest absolute Gasteiger partial charge is 0.409 e. The lowest BCUT2D eigenvalue weighted by Crippen LogP contribution is -2.50. The molecule has 3 rings (SSSR count). The maximum atomic E-state index is 12.0. The molecule has 2 heterocycles. The van der Waals surface area contributed by atoms with Crippen molar-refractivity contribution in [3.8, 4) is 0 Å². The number of para-hydroxylation sites is 1. The number of aliphatic imine (C=N–C) groups is 1. The fourth-order valence-corrected chi connectivity index (χ4v) is 3.64. The number of carbonyl (C=O) groups excluding carboxylic acids is 2. The number of hydrogen-bond donors (Lipinski definition) is 3. The lowest BCUT2D eigenvalue weighted by Gasteiger charge is -2.32. The van der Waals surface area contributed by atoms with E-state index in [9.17, 15) is 9.59 Å². The SMILES string of the molecule is CCOC(=O)N1CCC(NC(=NCC(=O)N(C)C)NCCc2cc3ccccc3[nH]2)CC1.I. The van der Waals surface area contributed by atoms with Crippen molar-refractivity contribution in [3.05, 3.63) is 36.0 Å². The number of halogens is 1. The summed E-state index contributed by atoms with van der Waals surface area (Å²) < 4.78 is 5.09. The molecule has 10 heteroatoms. The van der Waals surface area contributed by atoms with Crippen molar-refractivity contribution in [1.29, 1.82) is 0 Å². The van der Waals surface area contributed by atoms with Crippen LogP contribution < -0.4 is 10.6 Å². The van der Waals surface area contributed by atoms with Crippen LogP contribution in [0.2, 0.25) is 0 Å². The molecule has 2 aromatic rings. The lowest BCUT2D eigenvalue weighted by atomic mass is 10.1. The van der Waals surface area contributed by atoms with E-state index >= 15 is 0 Å². The molecule has 9 nitrogen and oxygen atoms in total. The minimum absolute atomic E-state index is 0. The first-order valence-corrected chi connectivity index (χ1v) is 11.2. The number of nitrogens with zero attached hydrogens (tertiary/aromatic N) is 3. The fourth-order valence-electron chi connectivity index (χ4n) is 3.64. The average Bonchev–Trinajstić information content (AvgIpc) is 3.20. The first-order chi connectivity index (χ1) is 15.5. The minimum Gasteiger partial charge on any atom is -0.450 e. The van der Waals surface area contributed by atoms with E-state index in [0.29, 0.717) is 32.2 Å². The number of nitrogens with one attached hydrogen (secondary N) is 3. The fraction of sp³-hybridized carbons (Fsp3) is 0.522. The summed E-state index contributed by atoms with van der Waals surface area (Å²) in [6.45, 7) is 4.22. The van der Waals surface area contributed by atoms with Gasteiger partial charge in [-0.1, -0.05) is 18.2 Å². The Hall–Kier alpha value is -2.50. The van der Waals surface area contributed by atoms with Gasteiger partial charge in [0.05, 0.1) is 6.61 Å². The van der Waals surface area contributed by atoms with E-state index in [2.05, 4.69) is 38.8 Å². The molecule has 33 heavy (non-hydrogen) atoms. The Morgan fingerprint density at radius 3 is 2.64 bits per heavy atom. The van der Waals surface area contributed by atoms with Gasteiger partial charge < -0.3 is 30.2 Å². The lowest BCUT2D eigenvalue weighted by molar-refractivity contribution is -0.127. The predicted octanol–water partition coefficient (Wildman–Crippen LogP) is 2.57. The Morgan fingerprint density at radius 2 is 1.97 bits per heavy atom. The number of likely N-dealkylation sites (N-methyl/N-ethyl adjacent to an activating group) is 1. The van der Waals surface area contributed by atoms with Gasteiger partial charge in [-0.05, 0) is 37.3 Å². The predicted molar refractivity (Wildman–Crippen MR) is 141 cm³/mol.